The first kappa shape index (κ1) is 31.9. The Morgan fingerprint density at radius 2 is 1.71 bits per heavy atom. The number of benzene rings is 2. The Hall–Kier alpha value is -4.51. The van der Waals surface area contributed by atoms with Crippen molar-refractivity contribution in [1.82, 2.24) is 24.6 Å². The van der Waals surface area contributed by atoms with Crippen LogP contribution in [0.15, 0.2) is 79.1 Å². The second kappa shape index (κ2) is 14.1. The zero-order chi connectivity index (χ0) is 32.0. The number of hydrogen-bond acceptors (Lipinski definition) is 5. The predicted octanol–water partition coefficient (Wildman–Crippen LogP) is 5.95. The van der Waals surface area contributed by atoms with Gasteiger partial charge in [0.2, 0.25) is 11.8 Å². The number of carbonyl (C=O) groups excluding carboxylic acids is 2. The van der Waals surface area contributed by atoms with Gasteiger partial charge in [-0.15, -0.1) is 0 Å². The van der Waals surface area contributed by atoms with E-state index >= 15 is 0 Å². The maximum absolute atomic E-state index is 13.8. The molecule has 0 aliphatic carbocycles. The van der Waals surface area contributed by atoms with Gasteiger partial charge in [0.25, 0.3) is 0 Å². The molecule has 0 unspecified atom stereocenters. The molecule has 0 fully saturated rings. The minimum atomic E-state index is -4.56. The zero-order valence-corrected chi connectivity index (χ0v) is 25.5. The van der Waals surface area contributed by atoms with Crippen molar-refractivity contribution in [3.63, 3.8) is 0 Å². The largest absolute Gasteiger partial charge is 0.435 e. The molecule has 5 rings (SSSR count). The fourth-order valence-electron chi connectivity index (χ4n) is 5.69. The summed E-state index contributed by atoms with van der Waals surface area (Å²) < 4.78 is 41.0. The monoisotopic (exact) mass is 618 g/mol. The van der Waals surface area contributed by atoms with Crippen LogP contribution < -0.4 is 4.90 Å². The number of pyridine rings is 1. The fraction of sp³-hybridized carbons (Fsp3) is 0.353. The van der Waals surface area contributed by atoms with E-state index in [1.54, 1.807) is 36.0 Å². The van der Waals surface area contributed by atoms with Crippen LogP contribution in [0.5, 0.6) is 0 Å². The Balaban J connectivity index is 1.46. The van der Waals surface area contributed by atoms with E-state index in [1.165, 1.54) is 4.68 Å². The maximum atomic E-state index is 13.8. The van der Waals surface area contributed by atoms with Gasteiger partial charge < -0.3 is 9.80 Å². The van der Waals surface area contributed by atoms with Crippen molar-refractivity contribution in [3.05, 3.63) is 102 Å². The van der Waals surface area contributed by atoms with Crippen molar-refractivity contribution in [2.75, 3.05) is 31.1 Å². The Labute approximate surface area is 261 Å². The summed E-state index contributed by atoms with van der Waals surface area (Å²) in [5.74, 6) is -0.295. The summed E-state index contributed by atoms with van der Waals surface area (Å²) in [4.78, 5) is 36.8. The Kier molecular flexibility index (Phi) is 9.97. The van der Waals surface area contributed by atoms with Crippen molar-refractivity contribution in [1.29, 1.82) is 0 Å². The summed E-state index contributed by atoms with van der Waals surface area (Å²) in [6.45, 7) is 6.28. The number of alkyl halides is 3. The summed E-state index contributed by atoms with van der Waals surface area (Å²) in [6.07, 6.45) is -0.371. The van der Waals surface area contributed by atoms with E-state index in [2.05, 4.69) is 27.1 Å². The summed E-state index contributed by atoms with van der Waals surface area (Å²) in [7, 11) is 0. The van der Waals surface area contributed by atoms with Crippen LogP contribution >= 0.6 is 0 Å². The van der Waals surface area contributed by atoms with Gasteiger partial charge in [-0.05, 0) is 59.9 Å². The molecule has 2 aromatic heterocycles. The first-order valence-corrected chi connectivity index (χ1v) is 15.1. The zero-order valence-electron chi connectivity index (χ0n) is 25.5. The lowest BCUT2D eigenvalue weighted by molar-refractivity contribution is -0.141. The molecule has 2 amide bonds. The highest BCUT2D eigenvalue weighted by atomic mass is 19.4. The number of fused-ring (bicyclic) bond motifs is 1. The number of rotatable bonds is 6. The van der Waals surface area contributed by atoms with E-state index in [-0.39, 0.29) is 31.3 Å². The average Bonchev–Trinajstić information content (AvgIpc) is 3.40. The second-order valence-corrected chi connectivity index (χ2v) is 11.3. The van der Waals surface area contributed by atoms with E-state index < -0.39 is 11.9 Å². The lowest BCUT2D eigenvalue weighted by Gasteiger charge is -2.28. The molecule has 1 aliphatic heterocycles. The highest BCUT2D eigenvalue weighted by molar-refractivity contribution is 5.93. The van der Waals surface area contributed by atoms with Gasteiger partial charge in [0.15, 0.2) is 5.69 Å². The van der Waals surface area contributed by atoms with Gasteiger partial charge >= 0.3 is 6.18 Å². The third kappa shape index (κ3) is 8.16. The van der Waals surface area contributed by atoms with Crippen LogP contribution in [0.2, 0.25) is 0 Å². The molecule has 0 spiro atoms. The van der Waals surface area contributed by atoms with Crippen molar-refractivity contribution < 1.29 is 22.8 Å². The molecule has 45 heavy (non-hydrogen) atoms. The van der Waals surface area contributed by atoms with Crippen LogP contribution in [-0.2, 0) is 35.4 Å². The van der Waals surface area contributed by atoms with Gasteiger partial charge in [0, 0.05) is 82.9 Å². The van der Waals surface area contributed by atoms with Gasteiger partial charge in [-0.1, -0.05) is 42.5 Å². The number of anilines is 1. The minimum absolute atomic E-state index is 0.0210. The standard InChI is InChI=1S/C34H37F3N6O2/c1-25-20-32(34(35,36)37)39-43(25)17-13-33(45)41-19-18-40(23-27-8-4-3-5-9-27)15-7-16-42(26(2)44)31-12-11-28(21-30(31)24-41)29-10-6-14-38-22-29/h3-6,8-12,14,20-22H,7,13,15-19,23-24H2,1-2H3. The third-order valence-corrected chi connectivity index (χ3v) is 8.06. The normalized spacial score (nSPS) is 15.0. The fourth-order valence-corrected chi connectivity index (χ4v) is 5.69. The molecule has 0 atom stereocenters. The van der Waals surface area contributed by atoms with Gasteiger partial charge in [-0.25, -0.2) is 0 Å². The first-order valence-electron chi connectivity index (χ1n) is 15.1. The van der Waals surface area contributed by atoms with Gasteiger partial charge in [-0.2, -0.15) is 18.3 Å². The molecule has 0 N–H and O–H groups in total. The molecule has 8 nitrogen and oxygen atoms in total. The van der Waals surface area contributed by atoms with Gasteiger partial charge in [-0.3, -0.25) is 24.2 Å². The van der Waals surface area contributed by atoms with Crippen molar-refractivity contribution >= 4 is 17.5 Å². The molecule has 236 valence electrons. The Morgan fingerprint density at radius 1 is 0.911 bits per heavy atom. The molecule has 1 aliphatic rings. The molecule has 4 aromatic rings. The number of halogens is 3. The van der Waals surface area contributed by atoms with Crippen LogP contribution in [0.25, 0.3) is 11.1 Å². The molecular formula is C34H37F3N6O2. The maximum Gasteiger partial charge on any atom is 0.435 e. The van der Waals surface area contributed by atoms with E-state index in [4.69, 9.17) is 0 Å². The molecule has 0 saturated heterocycles. The number of nitrogens with zero attached hydrogens (tertiary/aromatic N) is 6. The third-order valence-electron chi connectivity index (χ3n) is 8.06. The second-order valence-electron chi connectivity index (χ2n) is 11.3. The molecular weight excluding hydrogens is 581 g/mol. The van der Waals surface area contributed by atoms with Crippen LogP contribution in [-0.4, -0.2) is 62.6 Å². The van der Waals surface area contributed by atoms with Crippen LogP contribution in [0.4, 0.5) is 18.9 Å². The Morgan fingerprint density at radius 3 is 2.40 bits per heavy atom. The van der Waals surface area contributed by atoms with Crippen LogP contribution in [0.1, 0.15) is 42.3 Å². The lowest BCUT2D eigenvalue weighted by atomic mass is 10.0. The van der Waals surface area contributed by atoms with Crippen molar-refractivity contribution in [3.8, 4) is 11.1 Å². The van der Waals surface area contributed by atoms with Gasteiger partial charge in [0.1, 0.15) is 0 Å². The van der Waals surface area contributed by atoms with Crippen LogP contribution in [0.3, 0.4) is 0 Å². The van der Waals surface area contributed by atoms with E-state index in [0.717, 1.165) is 47.0 Å². The first-order chi connectivity index (χ1) is 21.6. The molecule has 0 saturated carbocycles. The SMILES string of the molecule is CC(=O)N1CCCN(Cc2ccccc2)CCN(C(=O)CCn2nc(C(F)(F)F)cc2C)Cc2cc(-c3cccnc3)ccc21. The highest BCUT2D eigenvalue weighted by Gasteiger charge is 2.34. The smallest absolute Gasteiger partial charge is 0.337 e. The predicted molar refractivity (Wildman–Crippen MR) is 166 cm³/mol. The van der Waals surface area contributed by atoms with E-state index in [9.17, 15) is 22.8 Å². The van der Waals surface area contributed by atoms with Gasteiger partial charge in [0.05, 0.1) is 0 Å². The van der Waals surface area contributed by atoms with E-state index in [1.807, 2.05) is 48.5 Å². The van der Waals surface area contributed by atoms with E-state index in [0.29, 0.717) is 31.9 Å². The number of carbonyl (C=O) groups is 2. The van der Waals surface area contributed by atoms with Crippen LogP contribution in [0, 0.1) is 6.92 Å². The molecule has 2 aromatic carbocycles. The lowest BCUT2D eigenvalue weighted by Crippen LogP contribution is -2.39. The molecule has 0 bridgehead atoms. The average molecular weight is 619 g/mol. The molecule has 3 heterocycles. The van der Waals surface area contributed by atoms with Crippen molar-refractivity contribution in [2.45, 2.75) is 52.5 Å². The summed E-state index contributed by atoms with van der Waals surface area (Å²) in [6, 6.07) is 20.8. The number of aromatic nitrogens is 3. The Bertz CT molecular complexity index is 1610. The van der Waals surface area contributed by atoms with Crippen molar-refractivity contribution in [2.24, 2.45) is 0 Å². The molecule has 0 radical (unpaired) electrons. The number of hydrogen-bond donors (Lipinski definition) is 0. The number of aryl methyl sites for hydroxylation is 2. The highest BCUT2D eigenvalue weighted by Crippen LogP contribution is 2.31. The minimum Gasteiger partial charge on any atom is -0.337 e. The summed E-state index contributed by atoms with van der Waals surface area (Å²) in [5.41, 5.74) is 3.88. The topological polar surface area (TPSA) is 74.6 Å². The number of amides is 2. The summed E-state index contributed by atoms with van der Waals surface area (Å²) >= 11 is 0. The quantitative estimate of drug-likeness (QED) is 0.267. The molecule has 11 heteroatoms. The summed E-state index contributed by atoms with van der Waals surface area (Å²) in [5, 5.41) is 3.70.